The summed E-state index contributed by atoms with van der Waals surface area (Å²) in [5, 5.41) is 3.69. The number of nitrogens with one attached hydrogen (secondary N) is 1. The molecule has 6 heteroatoms. The Hall–Kier alpha value is -2.18. The van der Waals surface area contributed by atoms with Gasteiger partial charge in [0.05, 0.1) is 0 Å². The summed E-state index contributed by atoms with van der Waals surface area (Å²) in [7, 11) is 0. The molecule has 0 bridgehead atoms. The fourth-order valence-electron chi connectivity index (χ4n) is 5.82. The van der Waals surface area contributed by atoms with Gasteiger partial charge in [-0.05, 0) is 69.8 Å². The van der Waals surface area contributed by atoms with Crippen LogP contribution in [0.15, 0.2) is 42.6 Å². The SMILES string of the molecule is c1ccc(CN2CCC(N3CCCC(Nc4nccc(N5CCCCCC5)n4)C3)CC2)cc1. The minimum Gasteiger partial charge on any atom is -0.356 e. The van der Waals surface area contributed by atoms with Gasteiger partial charge in [0.15, 0.2) is 0 Å². The highest BCUT2D eigenvalue weighted by Crippen LogP contribution is 2.24. The molecule has 1 unspecified atom stereocenters. The standard InChI is InChI=1S/C27H40N6/c1-2-7-17-32(16-6-1)26-12-15-28-27(30-26)29-24-11-8-18-33(22-24)25-13-19-31(20-14-25)21-23-9-4-3-5-10-23/h3-5,9-10,12,15,24-25H,1-2,6-8,11,13-14,16-22H2,(H,28,29,30). The van der Waals surface area contributed by atoms with Crippen LogP contribution < -0.4 is 10.2 Å². The smallest absolute Gasteiger partial charge is 0.224 e. The molecule has 3 aliphatic rings. The summed E-state index contributed by atoms with van der Waals surface area (Å²) in [5.41, 5.74) is 1.43. The predicted molar refractivity (Wildman–Crippen MR) is 136 cm³/mol. The summed E-state index contributed by atoms with van der Waals surface area (Å²) in [5.74, 6) is 1.90. The first-order valence-corrected chi connectivity index (χ1v) is 13.2. The number of nitrogens with zero attached hydrogens (tertiary/aromatic N) is 5. The number of piperidine rings is 2. The van der Waals surface area contributed by atoms with E-state index in [-0.39, 0.29) is 0 Å². The molecule has 0 aliphatic carbocycles. The minimum absolute atomic E-state index is 0.445. The van der Waals surface area contributed by atoms with Crippen molar-refractivity contribution in [3.63, 3.8) is 0 Å². The summed E-state index contributed by atoms with van der Waals surface area (Å²) >= 11 is 0. The van der Waals surface area contributed by atoms with Gasteiger partial charge in [0.1, 0.15) is 5.82 Å². The monoisotopic (exact) mass is 448 g/mol. The molecular formula is C27H40N6. The normalized spacial score (nSPS) is 23.9. The molecule has 6 nitrogen and oxygen atoms in total. The molecule has 1 aromatic carbocycles. The largest absolute Gasteiger partial charge is 0.356 e. The maximum Gasteiger partial charge on any atom is 0.224 e. The van der Waals surface area contributed by atoms with Gasteiger partial charge >= 0.3 is 0 Å². The highest BCUT2D eigenvalue weighted by Gasteiger charge is 2.29. The zero-order valence-electron chi connectivity index (χ0n) is 20.0. The van der Waals surface area contributed by atoms with Gasteiger partial charge in [0, 0.05) is 44.5 Å². The molecule has 0 spiro atoms. The Bertz CT molecular complexity index is 843. The molecule has 1 aromatic heterocycles. The van der Waals surface area contributed by atoms with Crippen molar-refractivity contribution >= 4 is 11.8 Å². The van der Waals surface area contributed by atoms with Crippen LogP contribution in [0, 0.1) is 0 Å². The van der Waals surface area contributed by atoms with Gasteiger partial charge in [0.25, 0.3) is 0 Å². The first-order chi connectivity index (χ1) is 16.3. The molecule has 0 radical (unpaired) electrons. The van der Waals surface area contributed by atoms with Crippen LogP contribution in [-0.2, 0) is 6.54 Å². The maximum atomic E-state index is 4.90. The third-order valence-electron chi connectivity index (χ3n) is 7.68. The fourth-order valence-corrected chi connectivity index (χ4v) is 5.82. The molecule has 0 saturated carbocycles. The van der Waals surface area contributed by atoms with E-state index in [1.165, 1.54) is 76.6 Å². The van der Waals surface area contributed by atoms with Crippen LogP contribution in [0.25, 0.3) is 0 Å². The fraction of sp³-hybridized carbons (Fsp3) is 0.630. The summed E-state index contributed by atoms with van der Waals surface area (Å²) in [6, 6.07) is 14.1. The molecule has 0 amide bonds. The Balaban J connectivity index is 1.12. The second kappa shape index (κ2) is 11.3. The molecule has 1 N–H and O–H groups in total. The van der Waals surface area contributed by atoms with Crippen molar-refractivity contribution in [1.82, 2.24) is 19.8 Å². The number of anilines is 2. The molecule has 33 heavy (non-hydrogen) atoms. The van der Waals surface area contributed by atoms with Crippen LogP contribution in [0.5, 0.6) is 0 Å². The van der Waals surface area contributed by atoms with E-state index in [1.807, 2.05) is 6.20 Å². The third-order valence-corrected chi connectivity index (χ3v) is 7.68. The van der Waals surface area contributed by atoms with Crippen molar-refractivity contribution < 1.29 is 0 Å². The summed E-state index contributed by atoms with van der Waals surface area (Å²) in [4.78, 5) is 17.3. The number of aromatic nitrogens is 2. The van der Waals surface area contributed by atoms with Gasteiger partial charge in [-0.2, -0.15) is 4.98 Å². The molecular weight excluding hydrogens is 408 g/mol. The average Bonchev–Trinajstić information content (AvgIpc) is 3.15. The quantitative estimate of drug-likeness (QED) is 0.707. The van der Waals surface area contributed by atoms with Crippen LogP contribution in [0.4, 0.5) is 11.8 Å². The van der Waals surface area contributed by atoms with E-state index in [2.05, 4.69) is 61.4 Å². The summed E-state index contributed by atoms with van der Waals surface area (Å²) in [6.45, 7) is 8.08. The molecule has 3 fully saturated rings. The second-order valence-corrected chi connectivity index (χ2v) is 10.1. The average molecular weight is 449 g/mol. The van der Waals surface area contributed by atoms with E-state index < -0.39 is 0 Å². The van der Waals surface area contributed by atoms with Gasteiger partial charge in [-0.3, -0.25) is 9.80 Å². The highest BCUT2D eigenvalue weighted by molar-refractivity contribution is 5.43. The van der Waals surface area contributed by atoms with Crippen molar-refractivity contribution in [3.8, 4) is 0 Å². The molecule has 3 saturated heterocycles. The predicted octanol–water partition coefficient (Wildman–Crippen LogP) is 4.40. The number of hydrogen-bond donors (Lipinski definition) is 1. The zero-order valence-corrected chi connectivity index (χ0v) is 20.0. The van der Waals surface area contributed by atoms with Crippen LogP contribution in [0.3, 0.4) is 0 Å². The van der Waals surface area contributed by atoms with Gasteiger partial charge in [-0.15, -0.1) is 0 Å². The minimum atomic E-state index is 0.445. The molecule has 5 rings (SSSR count). The Morgan fingerprint density at radius 2 is 1.61 bits per heavy atom. The maximum absolute atomic E-state index is 4.90. The zero-order chi connectivity index (χ0) is 22.3. The summed E-state index contributed by atoms with van der Waals surface area (Å²) in [6.07, 6.45) is 12.2. The van der Waals surface area contributed by atoms with Crippen molar-refractivity contribution in [2.75, 3.05) is 49.5 Å². The van der Waals surface area contributed by atoms with E-state index in [0.717, 1.165) is 37.9 Å². The van der Waals surface area contributed by atoms with Crippen molar-refractivity contribution in [1.29, 1.82) is 0 Å². The van der Waals surface area contributed by atoms with Crippen LogP contribution in [0.2, 0.25) is 0 Å². The molecule has 1 atom stereocenters. The Morgan fingerprint density at radius 1 is 0.818 bits per heavy atom. The lowest BCUT2D eigenvalue weighted by Gasteiger charge is -2.42. The molecule has 178 valence electrons. The van der Waals surface area contributed by atoms with E-state index >= 15 is 0 Å². The van der Waals surface area contributed by atoms with Gasteiger partial charge < -0.3 is 10.2 Å². The van der Waals surface area contributed by atoms with E-state index in [1.54, 1.807) is 0 Å². The van der Waals surface area contributed by atoms with Crippen LogP contribution in [-0.4, -0.2) is 71.1 Å². The van der Waals surface area contributed by atoms with Gasteiger partial charge in [-0.25, -0.2) is 4.98 Å². The first kappa shape index (κ1) is 22.6. The Labute approximate surface area is 199 Å². The lowest BCUT2D eigenvalue weighted by Crippen LogP contribution is -2.51. The number of rotatable bonds is 6. The second-order valence-electron chi connectivity index (χ2n) is 10.1. The van der Waals surface area contributed by atoms with Crippen molar-refractivity contribution in [2.45, 2.75) is 70.0 Å². The van der Waals surface area contributed by atoms with Gasteiger partial charge in [0.2, 0.25) is 5.95 Å². The summed E-state index contributed by atoms with van der Waals surface area (Å²) < 4.78 is 0. The van der Waals surface area contributed by atoms with E-state index in [0.29, 0.717) is 12.1 Å². The number of likely N-dealkylation sites (tertiary alicyclic amines) is 2. The molecule has 3 aliphatic heterocycles. The topological polar surface area (TPSA) is 47.5 Å². The Kier molecular flexibility index (Phi) is 7.74. The lowest BCUT2D eigenvalue weighted by molar-refractivity contribution is 0.0855. The van der Waals surface area contributed by atoms with E-state index in [9.17, 15) is 0 Å². The van der Waals surface area contributed by atoms with Crippen LogP contribution >= 0.6 is 0 Å². The Morgan fingerprint density at radius 3 is 2.39 bits per heavy atom. The number of hydrogen-bond acceptors (Lipinski definition) is 6. The van der Waals surface area contributed by atoms with Crippen molar-refractivity contribution in [2.24, 2.45) is 0 Å². The van der Waals surface area contributed by atoms with Gasteiger partial charge in [-0.1, -0.05) is 43.2 Å². The third kappa shape index (κ3) is 6.24. The lowest BCUT2D eigenvalue weighted by atomic mass is 9.97. The van der Waals surface area contributed by atoms with Crippen LogP contribution in [0.1, 0.15) is 56.9 Å². The molecule has 2 aromatic rings. The molecule has 4 heterocycles. The number of benzene rings is 1. The van der Waals surface area contributed by atoms with E-state index in [4.69, 9.17) is 4.98 Å². The first-order valence-electron chi connectivity index (χ1n) is 13.2. The van der Waals surface area contributed by atoms with Crippen molar-refractivity contribution in [3.05, 3.63) is 48.2 Å². The highest BCUT2D eigenvalue weighted by atomic mass is 15.3.